The highest BCUT2D eigenvalue weighted by molar-refractivity contribution is 5.37. The van der Waals surface area contributed by atoms with E-state index in [0.29, 0.717) is 0 Å². The Morgan fingerprint density at radius 1 is 1.36 bits per heavy atom. The van der Waals surface area contributed by atoms with E-state index in [9.17, 15) is 0 Å². The fraction of sp³-hybridized carbons (Fsp3) is 0.273. The van der Waals surface area contributed by atoms with Crippen LogP contribution in [0.15, 0.2) is 24.3 Å². The van der Waals surface area contributed by atoms with E-state index in [2.05, 4.69) is 18.1 Å². The van der Waals surface area contributed by atoms with Crippen LogP contribution in [0.3, 0.4) is 0 Å². The zero-order chi connectivity index (χ0) is 7.68. The summed E-state index contributed by atoms with van der Waals surface area (Å²) in [5.41, 5.74) is 2.43. The molecule has 1 fully saturated rings. The minimum Gasteiger partial charge on any atom is -0.115 e. The van der Waals surface area contributed by atoms with Crippen LogP contribution >= 0.6 is 0 Å². The van der Waals surface area contributed by atoms with E-state index in [1.807, 2.05) is 12.1 Å². The van der Waals surface area contributed by atoms with Crippen LogP contribution in [-0.2, 0) is 0 Å². The van der Waals surface area contributed by atoms with Gasteiger partial charge in [-0.15, -0.1) is 6.42 Å². The minimum atomic E-state index is 0.809. The molecule has 11 heavy (non-hydrogen) atoms. The monoisotopic (exact) mass is 142 g/mol. The molecular formula is C11H10. The van der Waals surface area contributed by atoms with E-state index in [1.54, 1.807) is 0 Å². The fourth-order valence-corrected chi connectivity index (χ4v) is 1.30. The third kappa shape index (κ3) is 1.28. The Bertz CT molecular complexity index is 300. The summed E-state index contributed by atoms with van der Waals surface area (Å²) in [5, 5.41) is 0. The molecule has 0 N–H and O–H groups in total. The zero-order valence-electron chi connectivity index (χ0n) is 6.38. The summed E-state index contributed by atoms with van der Waals surface area (Å²) in [5.74, 6) is 3.46. The van der Waals surface area contributed by atoms with Crippen LogP contribution in [0.1, 0.15) is 29.9 Å². The van der Waals surface area contributed by atoms with Crippen molar-refractivity contribution in [2.24, 2.45) is 0 Å². The van der Waals surface area contributed by atoms with Crippen LogP contribution in [0, 0.1) is 12.3 Å². The normalized spacial score (nSPS) is 15.9. The number of benzene rings is 1. The Morgan fingerprint density at radius 2 is 2.18 bits per heavy atom. The lowest BCUT2D eigenvalue weighted by Crippen LogP contribution is -1.79. The van der Waals surface area contributed by atoms with Crippen LogP contribution in [0.5, 0.6) is 0 Å². The Balaban J connectivity index is 2.35. The Labute approximate surface area is 67.2 Å². The first kappa shape index (κ1) is 6.49. The van der Waals surface area contributed by atoms with Gasteiger partial charge in [-0.05, 0) is 36.5 Å². The van der Waals surface area contributed by atoms with Crippen LogP contribution in [0.2, 0.25) is 0 Å². The van der Waals surface area contributed by atoms with Crippen LogP contribution in [-0.4, -0.2) is 0 Å². The van der Waals surface area contributed by atoms with Crippen LogP contribution in [0.25, 0.3) is 0 Å². The van der Waals surface area contributed by atoms with Gasteiger partial charge in [0.15, 0.2) is 0 Å². The quantitative estimate of drug-likeness (QED) is 0.528. The molecule has 0 aliphatic heterocycles. The average Bonchev–Trinajstić information content (AvgIpc) is 2.87. The van der Waals surface area contributed by atoms with Crippen molar-refractivity contribution in [3.05, 3.63) is 35.4 Å². The summed E-state index contributed by atoms with van der Waals surface area (Å²) in [6.07, 6.45) is 7.97. The van der Waals surface area contributed by atoms with E-state index in [1.165, 1.54) is 18.4 Å². The molecule has 1 aliphatic rings. The van der Waals surface area contributed by atoms with Gasteiger partial charge in [-0.3, -0.25) is 0 Å². The van der Waals surface area contributed by atoms with E-state index < -0.39 is 0 Å². The Morgan fingerprint density at radius 3 is 2.82 bits per heavy atom. The van der Waals surface area contributed by atoms with E-state index >= 15 is 0 Å². The number of rotatable bonds is 1. The molecule has 0 unspecified atom stereocenters. The summed E-state index contributed by atoms with van der Waals surface area (Å²) in [7, 11) is 0. The SMILES string of the molecule is C#Cc1cccc(C2CC2)c1. The van der Waals surface area contributed by atoms with Gasteiger partial charge in [0.2, 0.25) is 0 Å². The molecule has 0 nitrogen and oxygen atoms in total. The molecule has 0 atom stereocenters. The highest BCUT2D eigenvalue weighted by atomic mass is 14.3. The van der Waals surface area contributed by atoms with E-state index in [4.69, 9.17) is 6.42 Å². The molecule has 0 radical (unpaired) electrons. The molecule has 0 saturated heterocycles. The largest absolute Gasteiger partial charge is 0.115 e. The molecule has 0 aromatic heterocycles. The Kier molecular flexibility index (Phi) is 1.43. The van der Waals surface area contributed by atoms with Gasteiger partial charge in [0, 0.05) is 5.56 Å². The molecule has 1 aromatic rings. The highest BCUT2D eigenvalue weighted by Crippen LogP contribution is 2.39. The predicted molar refractivity (Wildman–Crippen MR) is 46.4 cm³/mol. The fourth-order valence-electron chi connectivity index (χ4n) is 1.30. The van der Waals surface area contributed by atoms with Crippen molar-refractivity contribution in [3.63, 3.8) is 0 Å². The predicted octanol–water partition coefficient (Wildman–Crippen LogP) is 2.55. The van der Waals surface area contributed by atoms with Crippen molar-refractivity contribution in [3.8, 4) is 12.3 Å². The van der Waals surface area contributed by atoms with Crippen molar-refractivity contribution in [1.29, 1.82) is 0 Å². The third-order valence-corrected chi connectivity index (χ3v) is 2.10. The number of hydrogen-bond donors (Lipinski definition) is 0. The first-order valence-corrected chi connectivity index (χ1v) is 3.97. The van der Waals surface area contributed by atoms with Gasteiger partial charge in [-0.2, -0.15) is 0 Å². The molecule has 0 bridgehead atoms. The minimum absolute atomic E-state index is 0.809. The maximum absolute atomic E-state index is 5.29. The van der Waals surface area contributed by atoms with Gasteiger partial charge in [0.1, 0.15) is 0 Å². The third-order valence-electron chi connectivity index (χ3n) is 2.10. The second-order valence-electron chi connectivity index (χ2n) is 3.04. The van der Waals surface area contributed by atoms with Crippen molar-refractivity contribution >= 4 is 0 Å². The lowest BCUT2D eigenvalue weighted by molar-refractivity contribution is 1.13. The Hall–Kier alpha value is -1.22. The smallest absolute Gasteiger partial charge is 0.0245 e. The van der Waals surface area contributed by atoms with E-state index in [-0.39, 0.29) is 0 Å². The summed E-state index contributed by atoms with van der Waals surface area (Å²) in [6, 6.07) is 8.31. The molecule has 0 heteroatoms. The van der Waals surface area contributed by atoms with Crippen molar-refractivity contribution in [1.82, 2.24) is 0 Å². The van der Waals surface area contributed by atoms with Gasteiger partial charge < -0.3 is 0 Å². The molecule has 54 valence electrons. The molecule has 1 aliphatic carbocycles. The number of terminal acetylenes is 1. The van der Waals surface area contributed by atoms with Crippen LogP contribution in [0.4, 0.5) is 0 Å². The molecular weight excluding hydrogens is 132 g/mol. The van der Waals surface area contributed by atoms with Gasteiger partial charge >= 0.3 is 0 Å². The van der Waals surface area contributed by atoms with Gasteiger partial charge in [0.25, 0.3) is 0 Å². The topological polar surface area (TPSA) is 0 Å². The summed E-state index contributed by atoms with van der Waals surface area (Å²) in [4.78, 5) is 0. The molecule has 1 aromatic carbocycles. The van der Waals surface area contributed by atoms with E-state index in [0.717, 1.165) is 11.5 Å². The zero-order valence-corrected chi connectivity index (χ0v) is 6.38. The second-order valence-corrected chi connectivity index (χ2v) is 3.04. The first-order chi connectivity index (χ1) is 5.40. The van der Waals surface area contributed by atoms with Gasteiger partial charge in [-0.25, -0.2) is 0 Å². The van der Waals surface area contributed by atoms with Crippen molar-refractivity contribution in [2.75, 3.05) is 0 Å². The molecule has 2 rings (SSSR count). The summed E-state index contributed by atoms with van der Waals surface area (Å²) < 4.78 is 0. The lowest BCUT2D eigenvalue weighted by atomic mass is 10.1. The maximum atomic E-state index is 5.29. The van der Waals surface area contributed by atoms with Crippen molar-refractivity contribution < 1.29 is 0 Å². The van der Waals surface area contributed by atoms with Crippen LogP contribution < -0.4 is 0 Å². The maximum Gasteiger partial charge on any atom is 0.0245 e. The summed E-state index contributed by atoms with van der Waals surface area (Å²) in [6.45, 7) is 0. The second kappa shape index (κ2) is 2.43. The van der Waals surface area contributed by atoms with Crippen molar-refractivity contribution in [2.45, 2.75) is 18.8 Å². The number of hydrogen-bond acceptors (Lipinski definition) is 0. The first-order valence-electron chi connectivity index (χ1n) is 3.97. The standard InChI is InChI=1S/C11H10/c1-2-9-4-3-5-11(8-9)10-6-7-10/h1,3-5,8,10H,6-7H2. The molecule has 0 amide bonds. The molecule has 0 spiro atoms. The lowest BCUT2D eigenvalue weighted by Gasteiger charge is -1.96. The molecule has 1 saturated carbocycles. The van der Waals surface area contributed by atoms with Gasteiger partial charge in [-0.1, -0.05) is 18.1 Å². The average molecular weight is 142 g/mol. The molecule has 0 heterocycles. The highest BCUT2D eigenvalue weighted by Gasteiger charge is 2.22. The van der Waals surface area contributed by atoms with Gasteiger partial charge in [0.05, 0.1) is 0 Å². The summed E-state index contributed by atoms with van der Waals surface area (Å²) >= 11 is 0.